The van der Waals surface area contributed by atoms with E-state index in [9.17, 15) is 8.42 Å². The van der Waals surface area contributed by atoms with Crippen molar-refractivity contribution in [2.75, 3.05) is 11.5 Å². The van der Waals surface area contributed by atoms with Gasteiger partial charge in [-0.1, -0.05) is 19.8 Å². The summed E-state index contributed by atoms with van der Waals surface area (Å²) in [6.45, 7) is 3.67. The van der Waals surface area contributed by atoms with Crippen molar-refractivity contribution in [3.05, 3.63) is 0 Å². The Morgan fingerprint density at radius 1 is 1.36 bits per heavy atom. The third-order valence-electron chi connectivity index (χ3n) is 2.82. The number of hydrogen-bond acceptors (Lipinski definition) is 3. The van der Waals surface area contributed by atoms with Crippen LogP contribution < -0.4 is 5.32 Å². The second-order valence-electron chi connectivity index (χ2n) is 4.25. The first kappa shape index (κ1) is 12.0. The summed E-state index contributed by atoms with van der Waals surface area (Å²) < 4.78 is 22.7. The van der Waals surface area contributed by atoms with E-state index >= 15 is 0 Å². The van der Waals surface area contributed by atoms with Gasteiger partial charge in [-0.15, -0.1) is 0 Å². The third-order valence-corrected chi connectivity index (χ3v) is 4.71. The minimum absolute atomic E-state index is 0.100. The van der Waals surface area contributed by atoms with Gasteiger partial charge in [0, 0.05) is 17.8 Å². The van der Waals surface area contributed by atoms with Gasteiger partial charge in [0.15, 0.2) is 9.84 Å². The van der Waals surface area contributed by atoms with Crippen LogP contribution in [0.2, 0.25) is 0 Å². The summed E-state index contributed by atoms with van der Waals surface area (Å²) >= 11 is 0. The molecule has 0 bridgehead atoms. The van der Waals surface area contributed by atoms with Crippen molar-refractivity contribution in [2.24, 2.45) is 0 Å². The lowest BCUT2D eigenvalue weighted by molar-refractivity contribution is 0.468. The molecule has 0 aromatic rings. The van der Waals surface area contributed by atoms with E-state index in [0.717, 1.165) is 0 Å². The predicted octanol–water partition coefficient (Wildman–Crippen LogP) is 1.34. The van der Waals surface area contributed by atoms with Crippen LogP contribution in [0.5, 0.6) is 0 Å². The first-order valence-corrected chi connectivity index (χ1v) is 7.32. The number of sulfone groups is 1. The van der Waals surface area contributed by atoms with Crippen LogP contribution in [0, 0.1) is 0 Å². The van der Waals surface area contributed by atoms with Crippen molar-refractivity contribution in [1.29, 1.82) is 0 Å². The summed E-state index contributed by atoms with van der Waals surface area (Å²) in [7, 11) is -2.82. The molecule has 0 aliphatic heterocycles. The Morgan fingerprint density at radius 3 is 2.43 bits per heavy atom. The van der Waals surface area contributed by atoms with Crippen molar-refractivity contribution in [3.8, 4) is 0 Å². The highest BCUT2D eigenvalue weighted by atomic mass is 32.2. The Bertz CT molecular complexity index is 255. The fourth-order valence-electron chi connectivity index (χ4n) is 2.04. The Balaban J connectivity index is 2.31. The van der Waals surface area contributed by atoms with Gasteiger partial charge in [0.25, 0.3) is 0 Å². The second kappa shape index (κ2) is 5.12. The summed E-state index contributed by atoms with van der Waals surface area (Å²) in [5.41, 5.74) is 0. The van der Waals surface area contributed by atoms with Crippen LogP contribution in [0.15, 0.2) is 0 Å². The molecule has 14 heavy (non-hydrogen) atoms. The molecule has 1 rings (SSSR count). The lowest BCUT2D eigenvalue weighted by Crippen LogP contribution is -2.39. The zero-order valence-corrected chi connectivity index (χ0v) is 9.94. The second-order valence-corrected chi connectivity index (χ2v) is 6.65. The van der Waals surface area contributed by atoms with Gasteiger partial charge >= 0.3 is 0 Å². The van der Waals surface area contributed by atoms with Crippen molar-refractivity contribution < 1.29 is 8.42 Å². The Morgan fingerprint density at radius 2 is 1.93 bits per heavy atom. The van der Waals surface area contributed by atoms with Crippen LogP contribution in [-0.4, -0.2) is 32.0 Å². The monoisotopic (exact) mass is 219 g/mol. The largest absolute Gasteiger partial charge is 0.310 e. The van der Waals surface area contributed by atoms with E-state index in [4.69, 9.17) is 0 Å². The summed E-state index contributed by atoms with van der Waals surface area (Å²) in [6, 6.07) is 0.653. The fourth-order valence-corrected chi connectivity index (χ4v) is 3.14. The van der Waals surface area contributed by atoms with Crippen LogP contribution in [-0.2, 0) is 9.84 Å². The van der Waals surface area contributed by atoms with Crippen molar-refractivity contribution in [1.82, 2.24) is 5.32 Å². The molecule has 0 spiro atoms. The predicted molar refractivity (Wildman–Crippen MR) is 59.2 cm³/mol. The Labute approximate surface area is 87.2 Å². The molecule has 0 heterocycles. The highest BCUT2D eigenvalue weighted by Gasteiger charge is 2.19. The molecule has 3 nitrogen and oxygen atoms in total. The van der Waals surface area contributed by atoms with E-state index in [-0.39, 0.29) is 17.5 Å². The topological polar surface area (TPSA) is 46.2 Å². The molecule has 0 radical (unpaired) electrons. The molecule has 1 unspecified atom stereocenters. The molecular weight excluding hydrogens is 198 g/mol. The highest BCUT2D eigenvalue weighted by molar-refractivity contribution is 7.91. The van der Waals surface area contributed by atoms with E-state index < -0.39 is 9.84 Å². The molecule has 0 aromatic heterocycles. The Hall–Kier alpha value is -0.0900. The van der Waals surface area contributed by atoms with Crippen LogP contribution in [0.25, 0.3) is 0 Å². The summed E-state index contributed by atoms with van der Waals surface area (Å²) in [4.78, 5) is 0. The van der Waals surface area contributed by atoms with E-state index in [0.29, 0.717) is 6.04 Å². The molecular formula is C10H21NO2S. The molecule has 1 atom stereocenters. The molecule has 0 amide bonds. The first-order chi connectivity index (χ1) is 6.53. The van der Waals surface area contributed by atoms with E-state index in [1.54, 1.807) is 6.92 Å². The first-order valence-electron chi connectivity index (χ1n) is 5.50. The summed E-state index contributed by atoms with van der Waals surface area (Å²) in [5.74, 6) is 0.531. The molecule has 1 N–H and O–H groups in total. The smallest absolute Gasteiger partial charge is 0.151 e. The molecule has 1 aliphatic carbocycles. The molecule has 0 saturated heterocycles. The molecule has 4 heteroatoms. The Kier molecular flexibility index (Phi) is 4.38. The van der Waals surface area contributed by atoms with Gasteiger partial charge in [0.2, 0.25) is 0 Å². The molecule has 1 aliphatic rings. The average molecular weight is 219 g/mol. The van der Waals surface area contributed by atoms with Gasteiger partial charge in [-0.25, -0.2) is 8.42 Å². The quantitative estimate of drug-likeness (QED) is 0.759. The van der Waals surface area contributed by atoms with Crippen molar-refractivity contribution in [2.45, 2.75) is 51.6 Å². The van der Waals surface area contributed by atoms with Crippen molar-refractivity contribution >= 4 is 9.84 Å². The molecule has 1 saturated carbocycles. The maximum Gasteiger partial charge on any atom is 0.151 e. The standard InChI is InChI=1S/C10H21NO2S/c1-3-14(12,13)8-9(2)11-10-6-4-5-7-10/h9-11H,3-8H2,1-2H3. The summed E-state index contributed by atoms with van der Waals surface area (Å²) in [5, 5.41) is 3.39. The van der Waals surface area contributed by atoms with Crippen molar-refractivity contribution in [3.63, 3.8) is 0 Å². The van der Waals surface area contributed by atoms with E-state index in [2.05, 4.69) is 5.32 Å². The van der Waals surface area contributed by atoms with E-state index in [1.807, 2.05) is 6.92 Å². The maximum atomic E-state index is 11.3. The van der Waals surface area contributed by atoms with E-state index in [1.165, 1.54) is 25.7 Å². The van der Waals surface area contributed by atoms with Gasteiger partial charge in [0.05, 0.1) is 5.75 Å². The number of nitrogens with one attached hydrogen (secondary N) is 1. The SMILES string of the molecule is CCS(=O)(=O)CC(C)NC1CCCC1. The van der Waals surface area contributed by atoms with Gasteiger partial charge in [-0.2, -0.15) is 0 Å². The molecule has 0 aromatic carbocycles. The lowest BCUT2D eigenvalue weighted by atomic mass is 10.2. The zero-order chi connectivity index (χ0) is 10.6. The van der Waals surface area contributed by atoms with Crippen LogP contribution >= 0.6 is 0 Å². The third kappa shape index (κ3) is 3.96. The van der Waals surface area contributed by atoms with Crippen LogP contribution in [0.1, 0.15) is 39.5 Å². The fraction of sp³-hybridized carbons (Fsp3) is 1.00. The number of rotatable bonds is 5. The van der Waals surface area contributed by atoms with Gasteiger partial charge in [0.1, 0.15) is 0 Å². The van der Waals surface area contributed by atoms with Crippen LogP contribution in [0.3, 0.4) is 0 Å². The minimum Gasteiger partial charge on any atom is -0.310 e. The van der Waals surface area contributed by atoms with Gasteiger partial charge in [-0.05, 0) is 19.8 Å². The lowest BCUT2D eigenvalue weighted by Gasteiger charge is -2.18. The van der Waals surface area contributed by atoms with Gasteiger partial charge in [-0.3, -0.25) is 0 Å². The highest BCUT2D eigenvalue weighted by Crippen LogP contribution is 2.18. The maximum absolute atomic E-state index is 11.3. The summed E-state index contributed by atoms with van der Waals surface area (Å²) in [6.07, 6.45) is 4.98. The minimum atomic E-state index is -2.82. The molecule has 84 valence electrons. The molecule has 1 fully saturated rings. The van der Waals surface area contributed by atoms with Gasteiger partial charge < -0.3 is 5.32 Å². The zero-order valence-electron chi connectivity index (χ0n) is 9.12. The normalized spacial score (nSPS) is 21.3. The van der Waals surface area contributed by atoms with Crippen LogP contribution in [0.4, 0.5) is 0 Å². The average Bonchev–Trinajstić information content (AvgIpc) is 2.55. The number of hydrogen-bond donors (Lipinski definition) is 1.